The van der Waals surface area contributed by atoms with Crippen LogP contribution in [-0.2, 0) is 5.92 Å². The number of halogens is 2. The summed E-state index contributed by atoms with van der Waals surface area (Å²) in [5.41, 5.74) is 0.559. The molecule has 15 heavy (non-hydrogen) atoms. The number of nitrogens with zero attached hydrogens (tertiary/aromatic N) is 1. The van der Waals surface area contributed by atoms with E-state index in [1.807, 2.05) is 6.07 Å². The van der Waals surface area contributed by atoms with Gasteiger partial charge in [0.1, 0.15) is 0 Å². The summed E-state index contributed by atoms with van der Waals surface area (Å²) < 4.78 is 25.7. The summed E-state index contributed by atoms with van der Waals surface area (Å²) in [6.45, 7) is 0.822. The van der Waals surface area contributed by atoms with Crippen molar-refractivity contribution in [3.05, 3.63) is 35.4 Å². The molecule has 1 aromatic carbocycles. The Morgan fingerprint density at radius 3 is 2.33 bits per heavy atom. The first kappa shape index (κ1) is 11.3. The molecular weight excluding hydrogens is 198 g/mol. The fourth-order valence-electron chi connectivity index (χ4n) is 1.15. The first-order valence-electron chi connectivity index (χ1n) is 4.38. The molecule has 0 radical (unpaired) electrons. The van der Waals surface area contributed by atoms with Gasteiger partial charge in [0, 0.05) is 12.5 Å². The molecule has 0 aliphatic carbocycles. The molecule has 0 atom stereocenters. The van der Waals surface area contributed by atoms with Crippen LogP contribution in [0.1, 0.15) is 24.5 Å². The van der Waals surface area contributed by atoms with Crippen LogP contribution < -0.4 is 0 Å². The summed E-state index contributed by atoms with van der Waals surface area (Å²) in [4.78, 5) is 0. The highest BCUT2D eigenvalue weighted by atomic mass is 19.3. The summed E-state index contributed by atoms with van der Waals surface area (Å²) in [5, 5.41) is 15.8. The molecule has 0 aliphatic heterocycles. The molecule has 1 rings (SSSR count). The quantitative estimate of drug-likeness (QED) is 0.762. The first-order chi connectivity index (χ1) is 6.95. The molecule has 0 heterocycles. The van der Waals surface area contributed by atoms with E-state index in [9.17, 15) is 8.78 Å². The van der Waals surface area contributed by atoms with E-state index in [2.05, 4.69) is 0 Å². The topological polar surface area (TPSA) is 47.6 Å². The Balaban J connectivity index is 2.92. The zero-order valence-corrected chi connectivity index (χ0v) is 8.22. The highest BCUT2D eigenvalue weighted by Crippen LogP contribution is 2.26. The van der Waals surface area contributed by atoms with Crippen LogP contribution in [0.25, 0.3) is 0 Å². The van der Waals surface area contributed by atoms with Crippen molar-refractivity contribution >= 4 is 5.71 Å². The molecule has 0 spiro atoms. The second kappa shape index (κ2) is 4.18. The maximum absolute atomic E-state index is 12.8. The van der Waals surface area contributed by atoms with Gasteiger partial charge >= 0.3 is 0 Å². The highest BCUT2D eigenvalue weighted by molar-refractivity contribution is 5.99. The number of hydrogen-bond donors (Lipinski definition) is 1. The van der Waals surface area contributed by atoms with Gasteiger partial charge in [-0.25, -0.2) is 8.78 Å². The number of benzene rings is 1. The average molecular weight is 208 g/mol. The van der Waals surface area contributed by atoms with Gasteiger partial charge in [-0.1, -0.05) is 24.3 Å². The lowest BCUT2D eigenvalue weighted by molar-refractivity contribution is 0.0175. The van der Waals surface area contributed by atoms with Gasteiger partial charge in [0.25, 0.3) is 5.92 Å². The van der Waals surface area contributed by atoms with E-state index in [4.69, 9.17) is 10.7 Å². The zero-order valence-electron chi connectivity index (χ0n) is 8.22. The molecule has 0 saturated carbocycles. The van der Waals surface area contributed by atoms with Gasteiger partial charge in [-0.3, -0.25) is 0 Å². The third-order valence-corrected chi connectivity index (χ3v) is 2.00. The maximum atomic E-state index is 12.8. The molecule has 0 amide bonds. The van der Waals surface area contributed by atoms with Crippen LogP contribution in [-0.4, -0.2) is 5.71 Å². The van der Waals surface area contributed by atoms with Crippen LogP contribution in [0.5, 0.6) is 0 Å². The molecule has 0 saturated heterocycles. The smallest absolute Gasteiger partial charge is 0.270 e. The highest BCUT2D eigenvalue weighted by Gasteiger charge is 2.23. The third kappa shape index (κ3) is 2.84. The van der Waals surface area contributed by atoms with Crippen molar-refractivity contribution in [2.75, 3.05) is 0 Å². The zero-order chi connectivity index (χ0) is 11.5. The Kier molecular flexibility index (Phi) is 3.15. The van der Waals surface area contributed by atoms with Gasteiger partial charge in [-0.2, -0.15) is 5.26 Å². The molecule has 0 aliphatic rings. The van der Waals surface area contributed by atoms with E-state index in [0.29, 0.717) is 5.56 Å². The van der Waals surface area contributed by atoms with Gasteiger partial charge < -0.3 is 5.41 Å². The predicted octanol–water partition coefficient (Wildman–Crippen LogP) is 3.08. The van der Waals surface area contributed by atoms with Crippen molar-refractivity contribution in [1.29, 1.82) is 10.7 Å². The van der Waals surface area contributed by atoms with Crippen molar-refractivity contribution in [2.45, 2.75) is 19.3 Å². The molecule has 4 heteroatoms. The Labute approximate surface area is 86.7 Å². The second-order valence-corrected chi connectivity index (χ2v) is 3.28. The minimum atomic E-state index is -2.87. The van der Waals surface area contributed by atoms with E-state index in [0.717, 1.165) is 6.92 Å². The lowest BCUT2D eigenvalue weighted by atomic mass is 10.0. The molecule has 1 N–H and O–H groups in total. The van der Waals surface area contributed by atoms with Crippen molar-refractivity contribution in [3.8, 4) is 6.07 Å². The van der Waals surface area contributed by atoms with Crippen LogP contribution in [0.3, 0.4) is 0 Å². The van der Waals surface area contributed by atoms with E-state index >= 15 is 0 Å². The number of alkyl halides is 2. The maximum Gasteiger partial charge on any atom is 0.270 e. The number of rotatable bonds is 3. The predicted molar refractivity (Wildman–Crippen MR) is 53.1 cm³/mol. The first-order valence-corrected chi connectivity index (χ1v) is 4.38. The SMILES string of the molecule is CC(F)(F)c1ccc(C(=N)CC#N)cc1. The lowest BCUT2D eigenvalue weighted by Gasteiger charge is -2.10. The Bertz CT molecular complexity index is 396. The minimum absolute atomic E-state index is 0.0120. The van der Waals surface area contributed by atoms with E-state index < -0.39 is 5.92 Å². The molecule has 0 unspecified atom stereocenters. The number of nitriles is 1. The molecule has 0 aromatic heterocycles. The second-order valence-electron chi connectivity index (χ2n) is 3.28. The van der Waals surface area contributed by atoms with Crippen LogP contribution in [0, 0.1) is 16.7 Å². The van der Waals surface area contributed by atoms with Gasteiger partial charge in [0.05, 0.1) is 18.2 Å². The van der Waals surface area contributed by atoms with Crippen LogP contribution >= 0.6 is 0 Å². The molecule has 2 nitrogen and oxygen atoms in total. The molecule has 78 valence electrons. The van der Waals surface area contributed by atoms with Gasteiger partial charge in [-0.15, -0.1) is 0 Å². The fraction of sp³-hybridized carbons (Fsp3) is 0.273. The summed E-state index contributed by atoms with van der Waals surface area (Å²) in [7, 11) is 0. The van der Waals surface area contributed by atoms with Crippen molar-refractivity contribution in [3.63, 3.8) is 0 Å². The van der Waals surface area contributed by atoms with Crippen molar-refractivity contribution in [1.82, 2.24) is 0 Å². The average Bonchev–Trinajstić information content (AvgIpc) is 2.17. The summed E-state index contributed by atoms with van der Waals surface area (Å²) in [6, 6.07) is 7.27. The third-order valence-electron chi connectivity index (χ3n) is 2.00. The molecule has 1 aromatic rings. The van der Waals surface area contributed by atoms with Crippen molar-refractivity contribution in [2.24, 2.45) is 0 Å². The van der Waals surface area contributed by atoms with Crippen LogP contribution in [0.4, 0.5) is 8.78 Å². The Morgan fingerprint density at radius 2 is 1.93 bits per heavy atom. The summed E-state index contributed by atoms with van der Waals surface area (Å²) in [5.74, 6) is -2.87. The molecular formula is C11H10F2N2. The van der Waals surface area contributed by atoms with E-state index in [1.54, 1.807) is 0 Å². The van der Waals surface area contributed by atoms with Gasteiger partial charge in [0.15, 0.2) is 0 Å². The van der Waals surface area contributed by atoms with E-state index in [1.165, 1.54) is 24.3 Å². The van der Waals surface area contributed by atoms with Crippen LogP contribution in [0.15, 0.2) is 24.3 Å². The molecule has 0 bridgehead atoms. The normalized spacial score (nSPS) is 10.8. The monoisotopic (exact) mass is 208 g/mol. The van der Waals surface area contributed by atoms with Gasteiger partial charge in [-0.05, 0) is 5.56 Å². The molecule has 0 fully saturated rings. The Hall–Kier alpha value is -1.76. The van der Waals surface area contributed by atoms with Gasteiger partial charge in [0.2, 0.25) is 0 Å². The van der Waals surface area contributed by atoms with Crippen molar-refractivity contribution < 1.29 is 8.78 Å². The summed E-state index contributed by atoms with van der Waals surface area (Å²) in [6.07, 6.45) is -0.0120. The number of nitrogens with one attached hydrogen (secondary N) is 1. The Morgan fingerprint density at radius 1 is 1.40 bits per heavy atom. The van der Waals surface area contributed by atoms with Crippen LogP contribution in [0.2, 0.25) is 0 Å². The lowest BCUT2D eigenvalue weighted by Crippen LogP contribution is -2.07. The fourth-order valence-corrected chi connectivity index (χ4v) is 1.15. The minimum Gasteiger partial charge on any atom is -0.304 e. The standard InChI is InChI=1S/C11H10F2N2/c1-11(12,13)9-4-2-8(3-5-9)10(15)6-7-14/h2-5,15H,6H2,1H3. The number of hydrogen-bond acceptors (Lipinski definition) is 2. The summed E-state index contributed by atoms with van der Waals surface area (Å²) >= 11 is 0. The largest absolute Gasteiger partial charge is 0.304 e. The van der Waals surface area contributed by atoms with E-state index in [-0.39, 0.29) is 17.7 Å².